The Kier molecular flexibility index (Phi) is 4.72. The van der Waals surface area contributed by atoms with Gasteiger partial charge in [0.2, 0.25) is 5.91 Å². The summed E-state index contributed by atoms with van der Waals surface area (Å²) in [7, 11) is 0. The van der Waals surface area contributed by atoms with Crippen LogP contribution in [0.15, 0.2) is 28.8 Å². The van der Waals surface area contributed by atoms with Crippen LogP contribution in [-0.4, -0.2) is 17.0 Å². The number of nitrogens with one attached hydrogen (secondary N) is 1. The highest BCUT2D eigenvalue weighted by Crippen LogP contribution is 2.29. The molecule has 0 bridgehead atoms. The second-order valence-electron chi connectivity index (χ2n) is 4.73. The largest absolute Gasteiger partial charge is 0.481 e. The van der Waals surface area contributed by atoms with Gasteiger partial charge in [0.05, 0.1) is 22.0 Å². The zero-order valence-corrected chi connectivity index (χ0v) is 12.4. The average Bonchev–Trinajstić information content (AvgIpc) is 2.44. The van der Waals surface area contributed by atoms with Crippen LogP contribution in [-0.2, 0) is 9.59 Å². The first-order chi connectivity index (χ1) is 9.90. The van der Waals surface area contributed by atoms with E-state index in [-0.39, 0.29) is 23.0 Å². The van der Waals surface area contributed by atoms with E-state index in [0.717, 1.165) is 12.1 Å². The number of aliphatic carboxylic acids is 1. The lowest BCUT2D eigenvalue weighted by molar-refractivity contribution is -0.146. The predicted molar refractivity (Wildman–Crippen MR) is 75.7 cm³/mol. The number of hydrogen-bond acceptors (Lipinski definition) is 2. The monoisotopic (exact) mass is 359 g/mol. The number of rotatable bonds is 3. The highest BCUT2D eigenvalue weighted by Gasteiger charge is 2.34. The Morgan fingerprint density at radius 2 is 1.76 bits per heavy atom. The first kappa shape index (κ1) is 15.6. The van der Waals surface area contributed by atoms with Crippen LogP contribution >= 0.6 is 15.9 Å². The minimum Gasteiger partial charge on any atom is -0.481 e. The van der Waals surface area contributed by atoms with Gasteiger partial charge in [-0.3, -0.25) is 9.59 Å². The zero-order valence-electron chi connectivity index (χ0n) is 10.8. The van der Waals surface area contributed by atoms with Crippen molar-refractivity contribution in [2.45, 2.75) is 12.8 Å². The van der Waals surface area contributed by atoms with Crippen LogP contribution in [0.25, 0.3) is 0 Å². The van der Waals surface area contributed by atoms with Crippen molar-refractivity contribution in [1.82, 2.24) is 0 Å². The summed E-state index contributed by atoms with van der Waals surface area (Å²) >= 11 is 2.84. The van der Waals surface area contributed by atoms with Gasteiger partial charge in [-0.15, -0.1) is 0 Å². The average molecular weight is 360 g/mol. The van der Waals surface area contributed by atoms with Gasteiger partial charge >= 0.3 is 5.97 Å². The lowest BCUT2D eigenvalue weighted by atomic mass is 9.82. The smallest absolute Gasteiger partial charge is 0.307 e. The number of halogens is 3. The van der Waals surface area contributed by atoms with E-state index in [1.54, 1.807) is 12.2 Å². The molecule has 112 valence electrons. The number of carbonyl (C=O) groups excluding carboxylic acids is 1. The molecule has 0 radical (unpaired) electrons. The molecule has 4 nitrogen and oxygen atoms in total. The fourth-order valence-corrected chi connectivity index (χ4v) is 2.54. The molecule has 1 aliphatic rings. The Labute approximate surface area is 128 Å². The third kappa shape index (κ3) is 3.47. The van der Waals surface area contributed by atoms with E-state index in [2.05, 4.69) is 21.2 Å². The molecular weight excluding hydrogens is 348 g/mol. The van der Waals surface area contributed by atoms with Crippen LogP contribution in [0.2, 0.25) is 0 Å². The quantitative estimate of drug-likeness (QED) is 0.642. The summed E-state index contributed by atoms with van der Waals surface area (Å²) in [5.74, 6) is -4.90. The number of amides is 1. The van der Waals surface area contributed by atoms with E-state index < -0.39 is 35.3 Å². The molecule has 0 spiro atoms. The molecule has 0 heterocycles. The van der Waals surface area contributed by atoms with Gasteiger partial charge in [-0.2, -0.15) is 0 Å². The number of anilines is 1. The molecule has 2 N–H and O–H groups in total. The normalized spacial score (nSPS) is 21.1. The van der Waals surface area contributed by atoms with Crippen molar-refractivity contribution in [2.75, 3.05) is 5.32 Å². The van der Waals surface area contributed by atoms with Crippen molar-refractivity contribution in [3.8, 4) is 0 Å². The van der Waals surface area contributed by atoms with Gasteiger partial charge in [0.1, 0.15) is 11.6 Å². The van der Waals surface area contributed by atoms with E-state index in [0.29, 0.717) is 0 Å². The minimum absolute atomic E-state index is 0.0537. The maximum Gasteiger partial charge on any atom is 0.307 e. The molecular formula is C14H12BrF2NO3. The van der Waals surface area contributed by atoms with Crippen molar-refractivity contribution in [3.63, 3.8) is 0 Å². The number of carboxylic acid groups (broad SMARTS) is 1. The molecule has 2 unspecified atom stereocenters. The first-order valence-electron chi connectivity index (χ1n) is 6.23. The topological polar surface area (TPSA) is 66.4 Å². The molecule has 21 heavy (non-hydrogen) atoms. The Hall–Kier alpha value is -1.76. The standard InChI is InChI=1S/C14H12BrF2NO3/c15-9-5-11(17)12(6-10(9)16)18-13(19)7-3-1-2-4-8(7)14(20)21/h1-2,5-8H,3-4H2,(H,18,19)(H,20,21). The van der Waals surface area contributed by atoms with Crippen molar-refractivity contribution in [2.24, 2.45) is 11.8 Å². The lowest BCUT2D eigenvalue weighted by Crippen LogP contribution is -2.34. The summed E-state index contributed by atoms with van der Waals surface area (Å²) in [6.45, 7) is 0. The van der Waals surface area contributed by atoms with Crippen LogP contribution < -0.4 is 5.32 Å². The van der Waals surface area contributed by atoms with Gasteiger partial charge in [0.25, 0.3) is 0 Å². The molecule has 2 atom stereocenters. The molecule has 1 aliphatic carbocycles. The van der Waals surface area contributed by atoms with Crippen LogP contribution in [0.3, 0.4) is 0 Å². The summed E-state index contributed by atoms with van der Waals surface area (Å²) in [6, 6.07) is 1.76. The van der Waals surface area contributed by atoms with E-state index in [4.69, 9.17) is 5.11 Å². The summed E-state index contributed by atoms with van der Waals surface area (Å²) in [5.41, 5.74) is -0.306. The maximum absolute atomic E-state index is 13.7. The van der Waals surface area contributed by atoms with Crippen molar-refractivity contribution in [3.05, 3.63) is 40.4 Å². The Morgan fingerprint density at radius 1 is 1.14 bits per heavy atom. The summed E-state index contributed by atoms with van der Waals surface area (Å²) in [6.07, 6.45) is 3.90. The molecule has 0 saturated heterocycles. The van der Waals surface area contributed by atoms with Crippen LogP contribution in [0.4, 0.5) is 14.5 Å². The molecule has 0 aromatic heterocycles. The molecule has 1 aromatic rings. The van der Waals surface area contributed by atoms with E-state index in [1.807, 2.05) is 0 Å². The summed E-state index contributed by atoms with van der Waals surface area (Å²) < 4.78 is 27.0. The fourth-order valence-electron chi connectivity index (χ4n) is 2.22. The van der Waals surface area contributed by atoms with Gasteiger partial charge in [-0.1, -0.05) is 12.2 Å². The molecule has 1 aromatic carbocycles. The van der Waals surface area contributed by atoms with E-state index in [9.17, 15) is 18.4 Å². The molecule has 0 aliphatic heterocycles. The number of carboxylic acids is 1. The zero-order chi connectivity index (χ0) is 15.6. The highest BCUT2D eigenvalue weighted by molar-refractivity contribution is 9.10. The number of hydrogen-bond donors (Lipinski definition) is 2. The first-order valence-corrected chi connectivity index (χ1v) is 7.02. The SMILES string of the molecule is O=C(O)C1CC=CCC1C(=O)Nc1cc(F)c(Br)cc1F. The maximum atomic E-state index is 13.7. The van der Waals surface area contributed by atoms with Crippen LogP contribution in [0, 0.1) is 23.5 Å². The Balaban J connectivity index is 2.19. The van der Waals surface area contributed by atoms with Gasteiger partial charge in [0, 0.05) is 6.07 Å². The highest BCUT2D eigenvalue weighted by atomic mass is 79.9. The third-order valence-electron chi connectivity index (χ3n) is 3.35. The number of carbonyl (C=O) groups is 2. The Morgan fingerprint density at radius 3 is 2.38 bits per heavy atom. The third-order valence-corrected chi connectivity index (χ3v) is 3.96. The second kappa shape index (κ2) is 6.34. The van der Waals surface area contributed by atoms with E-state index >= 15 is 0 Å². The number of benzene rings is 1. The number of allylic oxidation sites excluding steroid dienone is 2. The van der Waals surface area contributed by atoms with Gasteiger partial charge < -0.3 is 10.4 Å². The van der Waals surface area contributed by atoms with E-state index in [1.165, 1.54) is 0 Å². The van der Waals surface area contributed by atoms with Crippen molar-refractivity contribution in [1.29, 1.82) is 0 Å². The second-order valence-corrected chi connectivity index (χ2v) is 5.58. The minimum atomic E-state index is -1.08. The molecule has 0 saturated carbocycles. The molecule has 1 amide bonds. The lowest BCUT2D eigenvalue weighted by Gasteiger charge is -2.24. The molecule has 2 rings (SSSR count). The van der Waals surface area contributed by atoms with Gasteiger partial charge in [-0.05, 0) is 34.8 Å². The van der Waals surface area contributed by atoms with Crippen LogP contribution in [0.5, 0.6) is 0 Å². The summed E-state index contributed by atoms with van der Waals surface area (Å²) in [4.78, 5) is 23.3. The molecule has 0 fully saturated rings. The van der Waals surface area contributed by atoms with Gasteiger partial charge in [0.15, 0.2) is 0 Å². The van der Waals surface area contributed by atoms with Crippen LogP contribution in [0.1, 0.15) is 12.8 Å². The summed E-state index contributed by atoms with van der Waals surface area (Å²) in [5, 5.41) is 11.4. The Bertz CT molecular complexity index is 618. The fraction of sp³-hybridized carbons (Fsp3) is 0.286. The molecule has 7 heteroatoms. The van der Waals surface area contributed by atoms with Gasteiger partial charge in [-0.25, -0.2) is 8.78 Å². The van der Waals surface area contributed by atoms with Crippen molar-refractivity contribution < 1.29 is 23.5 Å². The predicted octanol–water partition coefficient (Wildman–Crippen LogP) is 3.33. The van der Waals surface area contributed by atoms with Crippen molar-refractivity contribution >= 4 is 33.5 Å².